The molecule has 0 heterocycles. The van der Waals surface area contributed by atoms with Crippen LogP contribution in [0.1, 0.15) is 36.8 Å². The predicted molar refractivity (Wildman–Crippen MR) is 66.6 cm³/mol. The van der Waals surface area contributed by atoms with Crippen LogP contribution in [-0.4, -0.2) is 17.3 Å². The average Bonchev–Trinajstić information content (AvgIpc) is 2.85. The third kappa shape index (κ3) is 3.48. The lowest BCUT2D eigenvalue weighted by atomic mass is 9.98. The fourth-order valence-corrected chi connectivity index (χ4v) is 2.54. The summed E-state index contributed by atoms with van der Waals surface area (Å²) in [5.74, 6) is 0. The van der Waals surface area contributed by atoms with Gasteiger partial charge in [0.05, 0.1) is 12.2 Å². The molecule has 0 bridgehead atoms. The Morgan fingerprint density at radius 3 is 2.16 bits per heavy atom. The fraction of sp³-hybridized carbons (Fsp3) is 0.571. The molecular weight excluding hydrogens is 255 g/mol. The number of nitrogens with one attached hydrogen (secondary N) is 1. The van der Waals surface area contributed by atoms with Gasteiger partial charge in [0, 0.05) is 12.1 Å². The van der Waals surface area contributed by atoms with E-state index in [-0.39, 0.29) is 12.1 Å². The minimum Gasteiger partial charge on any atom is -0.394 e. The summed E-state index contributed by atoms with van der Waals surface area (Å²) >= 11 is 0. The van der Waals surface area contributed by atoms with Gasteiger partial charge in [0.25, 0.3) is 0 Å². The third-order valence-corrected chi connectivity index (χ3v) is 3.81. The van der Waals surface area contributed by atoms with E-state index in [9.17, 15) is 18.3 Å². The summed E-state index contributed by atoms with van der Waals surface area (Å²) in [5.41, 5.74) is -0.0791. The molecule has 106 valence electrons. The summed E-state index contributed by atoms with van der Waals surface area (Å²) in [6, 6.07) is 5.15. The Hall–Kier alpha value is -1.07. The van der Waals surface area contributed by atoms with Crippen LogP contribution in [0.4, 0.5) is 13.2 Å². The van der Waals surface area contributed by atoms with Gasteiger partial charge in [-0.25, -0.2) is 0 Å². The molecule has 0 spiro atoms. The number of alkyl halides is 3. The van der Waals surface area contributed by atoms with Crippen LogP contribution < -0.4 is 5.32 Å². The SMILES string of the molecule is OCC1(NCc2ccc(C(F)(F)F)cc2)CCCC1. The van der Waals surface area contributed by atoms with Crippen molar-refractivity contribution >= 4 is 0 Å². The van der Waals surface area contributed by atoms with Crippen molar-refractivity contribution in [2.75, 3.05) is 6.61 Å². The molecule has 1 aromatic carbocycles. The van der Waals surface area contributed by atoms with E-state index in [4.69, 9.17) is 0 Å². The quantitative estimate of drug-likeness (QED) is 0.883. The molecule has 2 N–H and O–H groups in total. The highest BCUT2D eigenvalue weighted by Gasteiger charge is 2.32. The van der Waals surface area contributed by atoms with Crippen LogP contribution in [-0.2, 0) is 12.7 Å². The Kier molecular flexibility index (Phi) is 4.16. The number of benzene rings is 1. The summed E-state index contributed by atoms with van der Waals surface area (Å²) in [7, 11) is 0. The molecule has 19 heavy (non-hydrogen) atoms. The summed E-state index contributed by atoms with van der Waals surface area (Å²) in [6.45, 7) is 0.562. The lowest BCUT2D eigenvalue weighted by Gasteiger charge is -2.28. The molecular formula is C14H18F3NO. The van der Waals surface area contributed by atoms with Crippen LogP contribution in [0, 0.1) is 0 Å². The van der Waals surface area contributed by atoms with Crippen LogP contribution >= 0.6 is 0 Å². The second kappa shape index (κ2) is 5.51. The van der Waals surface area contributed by atoms with Gasteiger partial charge in [0.15, 0.2) is 0 Å². The molecule has 2 nitrogen and oxygen atoms in total. The number of halogens is 3. The maximum atomic E-state index is 12.4. The number of aliphatic hydroxyl groups is 1. The second-order valence-corrected chi connectivity index (χ2v) is 5.19. The van der Waals surface area contributed by atoms with Crippen LogP contribution in [0.15, 0.2) is 24.3 Å². The van der Waals surface area contributed by atoms with Crippen molar-refractivity contribution in [2.45, 2.75) is 43.9 Å². The zero-order chi connectivity index (χ0) is 13.9. The van der Waals surface area contributed by atoms with Gasteiger partial charge in [0.1, 0.15) is 0 Å². The minimum absolute atomic E-state index is 0.0770. The molecule has 0 aliphatic heterocycles. The zero-order valence-corrected chi connectivity index (χ0v) is 10.6. The van der Waals surface area contributed by atoms with Crippen LogP contribution in [0.5, 0.6) is 0 Å². The predicted octanol–water partition coefficient (Wildman–Crippen LogP) is 3.10. The molecule has 1 aliphatic carbocycles. The van der Waals surface area contributed by atoms with E-state index < -0.39 is 11.7 Å². The van der Waals surface area contributed by atoms with E-state index in [1.165, 1.54) is 12.1 Å². The topological polar surface area (TPSA) is 32.3 Å². The molecule has 1 saturated carbocycles. The van der Waals surface area contributed by atoms with Gasteiger partial charge in [-0.1, -0.05) is 25.0 Å². The summed E-state index contributed by atoms with van der Waals surface area (Å²) in [6.07, 6.45) is -0.279. The van der Waals surface area contributed by atoms with Crippen molar-refractivity contribution in [3.8, 4) is 0 Å². The smallest absolute Gasteiger partial charge is 0.394 e. The van der Waals surface area contributed by atoms with Crippen molar-refractivity contribution < 1.29 is 18.3 Å². The largest absolute Gasteiger partial charge is 0.416 e. The van der Waals surface area contributed by atoms with E-state index in [2.05, 4.69) is 5.32 Å². The van der Waals surface area contributed by atoms with Crippen molar-refractivity contribution in [1.82, 2.24) is 5.32 Å². The maximum absolute atomic E-state index is 12.4. The zero-order valence-electron chi connectivity index (χ0n) is 10.6. The van der Waals surface area contributed by atoms with Gasteiger partial charge in [-0.2, -0.15) is 13.2 Å². The fourth-order valence-electron chi connectivity index (χ4n) is 2.54. The molecule has 0 saturated heterocycles. The number of hydrogen-bond donors (Lipinski definition) is 2. The Labute approximate surface area is 110 Å². The molecule has 0 unspecified atom stereocenters. The Bertz CT molecular complexity index is 408. The van der Waals surface area contributed by atoms with Gasteiger partial charge in [0.2, 0.25) is 0 Å². The molecule has 1 fully saturated rings. The molecule has 5 heteroatoms. The van der Waals surface area contributed by atoms with Crippen molar-refractivity contribution in [2.24, 2.45) is 0 Å². The van der Waals surface area contributed by atoms with Gasteiger partial charge >= 0.3 is 6.18 Å². The first kappa shape index (κ1) is 14.3. The van der Waals surface area contributed by atoms with Crippen LogP contribution in [0.2, 0.25) is 0 Å². The van der Waals surface area contributed by atoms with E-state index in [0.29, 0.717) is 6.54 Å². The monoisotopic (exact) mass is 273 g/mol. The lowest BCUT2D eigenvalue weighted by Crippen LogP contribution is -2.45. The normalized spacial score (nSPS) is 18.7. The summed E-state index contributed by atoms with van der Waals surface area (Å²) < 4.78 is 37.3. The summed E-state index contributed by atoms with van der Waals surface area (Å²) in [4.78, 5) is 0. The standard InChI is InChI=1S/C14H18F3NO/c15-14(16,17)12-5-3-11(4-6-12)9-18-13(10-19)7-1-2-8-13/h3-6,18-19H,1-2,7-10H2. The van der Waals surface area contributed by atoms with Gasteiger partial charge in [-0.15, -0.1) is 0 Å². The Balaban J connectivity index is 1.96. The average molecular weight is 273 g/mol. The number of rotatable bonds is 4. The molecule has 2 rings (SSSR count). The number of hydrogen-bond acceptors (Lipinski definition) is 2. The molecule has 0 aromatic heterocycles. The van der Waals surface area contributed by atoms with E-state index in [1.54, 1.807) is 0 Å². The van der Waals surface area contributed by atoms with Crippen molar-refractivity contribution in [3.05, 3.63) is 35.4 Å². The molecule has 1 aliphatic rings. The lowest BCUT2D eigenvalue weighted by molar-refractivity contribution is -0.137. The van der Waals surface area contributed by atoms with Crippen LogP contribution in [0.25, 0.3) is 0 Å². The Morgan fingerprint density at radius 2 is 1.68 bits per heavy atom. The van der Waals surface area contributed by atoms with E-state index in [0.717, 1.165) is 43.4 Å². The summed E-state index contributed by atoms with van der Waals surface area (Å²) in [5, 5.41) is 12.7. The second-order valence-electron chi connectivity index (χ2n) is 5.19. The van der Waals surface area contributed by atoms with Gasteiger partial charge < -0.3 is 10.4 Å². The molecule has 0 amide bonds. The highest BCUT2D eigenvalue weighted by Crippen LogP contribution is 2.31. The Morgan fingerprint density at radius 1 is 1.11 bits per heavy atom. The molecule has 0 radical (unpaired) electrons. The van der Waals surface area contributed by atoms with Gasteiger partial charge in [-0.3, -0.25) is 0 Å². The van der Waals surface area contributed by atoms with E-state index >= 15 is 0 Å². The highest BCUT2D eigenvalue weighted by atomic mass is 19.4. The first-order valence-electron chi connectivity index (χ1n) is 6.47. The first-order valence-corrected chi connectivity index (χ1v) is 6.47. The number of aliphatic hydroxyl groups excluding tert-OH is 1. The molecule has 1 aromatic rings. The molecule has 0 atom stereocenters. The van der Waals surface area contributed by atoms with Gasteiger partial charge in [-0.05, 0) is 30.5 Å². The van der Waals surface area contributed by atoms with Crippen molar-refractivity contribution in [1.29, 1.82) is 0 Å². The van der Waals surface area contributed by atoms with Crippen molar-refractivity contribution in [3.63, 3.8) is 0 Å². The minimum atomic E-state index is -4.29. The third-order valence-electron chi connectivity index (χ3n) is 3.81. The maximum Gasteiger partial charge on any atom is 0.416 e. The first-order chi connectivity index (χ1) is 8.95. The van der Waals surface area contributed by atoms with Crippen LogP contribution in [0.3, 0.4) is 0 Å². The highest BCUT2D eigenvalue weighted by molar-refractivity contribution is 5.24. The van der Waals surface area contributed by atoms with E-state index in [1.807, 2.05) is 0 Å².